The number of methoxy groups -OCH3 is 1. The molecule has 0 radical (unpaired) electrons. The van der Waals surface area contributed by atoms with Crippen LogP contribution in [0.1, 0.15) is 19.8 Å². The molecule has 0 aromatic heterocycles. The Balaban J connectivity index is 2.01. The molecule has 7 heteroatoms. The summed E-state index contributed by atoms with van der Waals surface area (Å²) in [5.74, 6) is -1.71. The van der Waals surface area contributed by atoms with E-state index in [0.717, 1.165) is 0 Å². The number of alkyl halides is 1. The molecule has 2 amide bonds. The maximum absolute atomic E-state index is 13.7. The minimum absolute atomic E-state index is 0.145. The second kappa shape index (κ2) is 6.88. The van der Waals surface area contributed by atoms with Gasteiger partial charge in [-0.3, -0.25) is 19.4 Å². The van der Waals surface area contributed by atoms with Crippen molar-refractivity contribution in [3.8, 4) is 0 Å². The number of rotatable bonds is 5. The number of halogens is 1. The molecule has 2 aliphatic heterocycles. The van der Waals surface area contributed by atoms with E-state index in [4.69, 9.17) is 16.3 Å². The molecule has 2 fully saturated rings. The van der Waals surface area contributed by atoms with Crippen LogP contribution in [0.25, 0.3) is 0 Å². The highest BCUT2D eigenvalue weighted by Crippen LogP contribution is 2.61. The van der Waals surface area contributed by atoms with E-state index < -0.39 is 34.2 Å². The maximum atomic E-state index is 13.7. The third kappa shape index (κ3) is 2.32. The van der Waals surface area contributed by atoms with Crippen LogP contribution < -0.4 is 9.80 Å². The highest BCUT2D eigenvalue weighted by atomic mass is 35.5. The quantitative estimate of drug-likeness (QED) is 0.429. The maximum Gasteiger partial charge on any atom is 0.332 e. The first-order valence-corrected chi connectivity index (χ1v) is 9.87. The molecule has 0 saturated carbocycles. The first-order valence-electron chi connectivity index (χ1n) is 9.50. The molecule has 4 rings (SSSR count). The monoisotopic (exact) mass is 412 g/mol. The van der Waals surface area contributed by atoms with Crippen LogP contribution in [0.15, 0.2) is 60.7 Å². The number of hydrogen-bond donors (Lipinski definition) is 0. The Kier molecular flexibility index (Phi) is 4.62. The third-order valence-corrected chi connectivity index (χ3v) is 6.48. The van der Waals surface area contributed by atoms with E-state index in [1.54, 1.807) is 48.5 Å². The highest BCUT2D eigenvalue weighted by molar-refractivity contribution is 6.46. The van der Waals surface area contributed by atoms with Gasteiger partial charge >= 0.3 is 5.97 Å². The summed E-state index contributed by atoms with van der Waals surface area (Å²) in [6.45, 7) is 1.86. The van der Waals surface area contributed by atoms with Gasteiger partial charge in [-0.1, -0.05) is 49.7 Å². The fourth-order valence-electron chi connectivity index (χ4n) is 4.62. The lowest BCUT2D eigenvalue weighted by Gasteiger charge is -2.38. The lowest BCUT2D eigenvalue weighted by atomic mass is 9.74. The van der Waals surface area contributed by atoms with Crippen LogP contribution in [0, 0.1) is 5.41 Å². The Labute approximate surface area is 174 Å². The van der Waals surface area contributed by atoms with Crippen LogP contribution in [0.5, 0.6) is 0 Å². The first kappa shape index (κ1) is 19.5. The van der Waals surface area contributed by atoms with Crippen LogP contribution >= 0.6 is 11.6 Å². The molecule has 0 N–H and O–H groups in total. The number of esters is 1. The van der Waals surface area contributed by atoms with Crippen LogP contribution in [-0.2, 0) is 19.1 Å². The summed E-state index contributed by atoms with van der Waals surface area (Å²) in [5.41, 5.74) is -0.585. The van der Waals surface area contributed by atoms with Gasteiger partial charge in [0, 0.05) is 11.4 Å². The van der Waals surface area contributed by atoms with Crippen molar-refractivity contribution in [3.05, 3.63) is 60.7 Å². The number of anilines is 2. The Morgan fingerprint density at radius 3 is 1.79 bits per heavy atom. The van der Waals surface area contributed by atoms with E-state index >= 15 is 0 Å². The van der Waals surface area contributed by atoms with Gasteiger partial charge in [-0.2, -0.15) is 0 Å². The van der Waals surface area contributed by atoms with Crippen molar-refractivity contribution in [2.75, 3.05) is 16.9 Å². The van der Waals surface area contributed by atoms with Crippen LogP contribution in [0.2, 0.25) is 0 Å². The van der Waals surface area contributed by atoms with Gasteiger partial charge in [-0.05, 0) is 30.7 Å². The van der Waals surface area contributed by atoms with Gasteiger partial charge in [-0.25, -0.2) is 4.79 Å². The standard InChI is InChI=1S/C22H21ClN2O4/c1-3-14-21-18(26)24(15-10-6-4-7-11-15)17(22(21,23)20(28)29-2)25(19(21)27)16-12-8-5-9-13-16/h4-13,17H,3,14H2,1-2H3. The molecular weight excluding hydrogens is 392 g/mol. The van der Waals surface area contributed by atoms with Gasteiger partial charge in [0.2, 0.25) is 16.7 Å². The van der Waals surface area contributed by atoms with Crippen molar-refractivity contribution < 1.29 is 19.1 Å². The molecule has 2 aromatic rings. The van der Waals surface area contributed by atoms with Gasteiger partial charge in [-0.15, -0.1) is 11.6 Å². The fraction of sp³-hybridized carbons (Fsp3) is 0.318. The average Bonchev–Trinajstić information content (AvgIpc) is 3.07. The normalized spacial score (nSPS) is 28.2. The zero-order chi connectivity index (χ0) is 20.8. The lowest BCUT2D eigenvalue weighted by Crippen LogP contribution is -2.57. The molecule has 2 bridgehead atoms. The number of hydrogen-bond acceptors (Lipinski definition) is 4. The second-order valence-corrected chi connectivity index (χ2v) is 7.85. The minimum atomic E-state index is -1.86. The summed E-state index contributed by atoms with van der Waals surface area (Å²) >= 11 is 7.00. The molecule has 2 heterocycles. The van der Waals surface area contributed by atoms with E-state index in [1.807, 2.05) is 19.1 Å². The predicted molar refractivity (Wildman–Crippen MR) is 110 cm³/mol. The van der Waals surface area contributed by atoms with E-state index in [-0.39, 0.29) is 6.42 Å². The molecule has 1 atom stereocenters. The molecule has 2 saturated heterocycles. The third-order valence-electron chi connectivity index (χ3n) is 5.81. The van der Waals surface area contributed by atoms with E-state index in [9.17, 15) is 14.4 Å². The van der Waals surface area contributed by atoms with Crippen molar-refractivity contribution in [3.63, 3.8) is 0 Å². The molecule has 29 heavy (non-hydrogen) atoms. The number of benzene rings is 2. The average molecular weight is 413 g/mol. The Morgan fingerprint density at radius 2 is 1.41 bits per heavy atom. The fourth-order valence-corrected chi connectivity index (χ4v) is 5.15. The van der Waals surface area contributed by atoms with Gasteiger partial charge in [0.05, 0.1) is 7.11 Å². The van der Waals surface area contributed by atoms with Crippen LogP contribution in [0.4, 0.5) is 11.4 Å². The number of carbonyl (C=O) groups excluding carboxylic acids is 3. The molecule has 0 spiro atoms. The molecule has 1 unspecified atom stereocenters. The largest absolute Gasteiger partial charge is 0.468 e. The van der Waals surface area contributed by atoms with Gasteiger partial charge in [0.25, 0.3) is 0 Å². The SMILES string of the molecule is CCCC12C(=O)N(c3ccccc3)C(N(c3ccccc3)C1=O)C2(Cl)C(=O)OC. The van der Waals surface area contributed by atoms with Gasteiger partial charge in [0.1, 0.15) is 6.17 Å². The number of fused-ring (bicyclic) bond motifs is 2. The van der Waals surface area contributed by atoms with E-state index in [1.165, 1.54) is 16.9 Å². The van der Waals surface area contributed by atoms with E-state index in [2.05, 4.69) is 0 Å². The minimum Gasteiger partial charge on any atom is -0.468 e. The number of nitrogens with zero attached hydrogens (tertiary/aromatic N) is 2. The Morgan fingerprint density at radius 1 is 0.966 bits per heavy atom. The summed E-state index contributed by atoms with van der Waals surface area (Å²) < 4.78 is 5.03. The van der Waals surface area contributed by atoms with Gasteiger partial charge in [0.15, 0.2) is 5.41 Å². The smallest absolute Gasteiger partial charge is 0.332 e. The molecule has 0 aliphatic carbocycles. The van der Waals surface area contributed by atoms with Crippen molar-refractivity contribution in [2.45, 2.75) is 30.8 Å². The molecule has 2 aliphatic rings. The number of ether oxygens (including phenoxy) is 1. The zero-order valence-corrected chi connectivity index (χ0v) is 16.9. The second-order valence-electron chi connectivity index (χ2n) is 7.25. The predicted octanol–water partition coefficient (Wildman–Crippen LogP) is 3.34. The Bertz CT molecular complexity index is 906. The summed E-state index contributed by atoms with van der Waals surface area (Å²) in [7, 11) is 1.22. The lowest BCUT2D eigenvalue weighted by molar-refractivity contribution is -0.152. The number of amides is 2. The molecule has 150 valence electrons. The van der Waals surface area contributed by atoms with E-state index in [0.29, 0.717) is 17.8 Å². The van der Waals surface area contributed by atoms with Crippen LogP contribution in [-0.4, -0.2) is 35.9 Å². The number of para-hydroxylation sites is 2. The van der Waals surface area contributed by atoms with Crippen molar-refractivity contribution in [1.82, 2.24) is 0 Å². The van der Waals surface area contributed by atoms with Crippen molar-refractivity contribution in [1.29, 1.82) is 0 Å². The number of carbonyl (C=O) groups is 3. The zero-order valence-electron chi connectivity index (χ0n) is 16.2. The summed E-state index contributed by atoms with van der Waals surface area (Å²) in [6.07, 6.45) is -0.388. The van der Waals surface area contributed by atoms with Gasteiger partial charge < -0.3 is 4.74 Å². The summed E-state index contributed by atoms with van der Waals surface area (Å²) in [4.78, 5) is 41.5. The molecule has 2 aromatic carbocycles. The topological polar surface area (TPSA) is 66.9 Å². The van der Waals surface area contributed by atoms with Crippen molar-refractivity contribution >= 4 is 40.8 Å². The Hall–Kier alpha value is -2.86. The highest BCUT2D eigenvalue weighted by Gasteiger charge is 2.83. The van der Waals surface area contributed by atoms with Crippen molar-refractivity contribution in [2.24, 2.45) is 5.41 Å². The molecular formula is C22H21ClN2O4. The molecule has 6 nitrogen and oxygen atoms in total. The van der Waals surface area contributed by atoms with Crippen LogP contribution in [0.3, 0.4) is 0 Å². The first-order chi connectivity index (χ1) is 13.9. The summed E-state index contributed by atoms with van der Waals surface area (Å²) in [5, 5.41) is 0. The summed E-state index contributed by atoms with van der Waals surface area (Å²) in [6, 6.07) is 17.9.